The minimum atomic E-state index is -4.18. The van der Waals surface area contributed by atoms with Gasteiger partial charge in [-0.05, 0) is 32.8 Å². The van der Waals surface area contributed by atoms with Crippen LogP contribution >= 0.6 is 0 Å². The average molecular weight is 603 g/mol. The Morgan fingerprint density at radius 1 is 1.10 bits per heavy atom. The number of fused-ring (bicyclic) bond motifs is 1. The molecule has 42 heavy (non-hydrogen) atoms. The lowest BCUT2D eigenvalue weighted by atomic mass is 9.73. The standard InChI is InChI=1S/C26H29F3N10O2S/c1-16(2)39-20-7-22(31-9-19(20)24(35-39)37-13-25(14-37)11-36(12-25)15-26(27,28)29)33-21-5-6-30-23(34-21)17-8-32-38(10-17)42(40,41)18-3-4-18/h5-10,16,18H,3-4,11-15H2,1-2H3,(H,30,31,33,34). The molecular formula is C26H29F3N10O2S. The van der Waals surface area contributed by atoms with E-state index in [9.17, 15) is 21.6 Å². The molecule has 1 aliphatic carbocycles. The molecule has 1 spiro atoms. The van der Waals surface area contributed by atoms with Gasteiger partial charge in [0, 0.05) is 56.1 Å². The molecule has 6 heterocycles. The Morgan fingerprint density at radius 2 is 1.86 bits per heavy atom. The molecule has 2 aliphatic heterocycles. The summed E-state index contributed by atoms with van der Waals surface area (Å²) in [6, 6.07) is 3.64. The van der Waals surface area contributed by atoms with Gasteiger partial charge in [0.2, 0.25) is 0 Å². The first kappa shape index (κ1) is 27.1. The van der Waals surface area contributed by atoms with Crippen molar-refractivity contribution in [2.45, 2.75) is 44.2 Å². The molecule has 222 valence electrons. The lowest BCUT2D eigenvalue weighted by Crippen LogP contribution is -2.73. The van der Waals surface area contributed by atoms with Crippen molar-refractivity contribution in [3.05, 3.63) is 36.9 Å². The van der Waals surface area contributed by atoms with Crippen molar-refractivity contribution in [3.8, 4) is 11.4 Å². The van der Waals surface area contributed by atoms with Gasteiger partial charge in [-0.3, -0.25) is 9.58 Å². The Hall–Kier alpha value is -3.79. The smallest absolute Gasteiger partial charge is 0.353 e. The maximum absolute atomic E-state index is 12.7. The van der Waals surface area contributed by atoms with Gasteiger partial charge in [-0.25, -0.2) is 23.4 Å². The summed E-state index contributed by atoms with van der Waals surface area (Å²) >= 11 is 0. The predicted octanol–water partition coefficient (Wildman–Crippen LogP) is 3.43. The molecular weight excluding hydrogens is 573 g/mol. The van der Waals surface area contributed by atoms with E-state index in [-0.39, 0.29) is 16.7 Å². The van der Waals surface area contributed by atoms with E-state index in [2.05, 4.69) is 30.3 Å². The zero-order valence-electron chi connectivity index (χ0n) is 23.0. The van der Waals surface area contributed by atoms with Crippen molar-refractivity contribution >= 4 is 38.4 Å². The van der Waals surface area contributed by atoms with Crippen molar-refractivity contribution in [1.29, 1.82) is 0 Å². The normalized spacial score (nSPS) is 19.0. The zero-order chi connectivity index (χ0) is 29.4. The third kappa shape index (κ3) is 4.85. The third-order valence-corrected chi connectivity index (χ3v) is 9.91. The molecule has 1 saturated carbocycles. The van der Waals surface area contributed by atoms with Crippen molar-refractivity contribution < 1.29 is 21.6 Å². The van der Waals surface area contributed by atoms with Gasteiger partial charge in [-0.15, -0.1) is 0 Å². The maximum atomic E-state index is 12.7. The van der Waals surface area contributed by atoms with Crippen LogP contribution in [0.25, 0.3) is 22.3 Å². The molecule has 7 rings (SSSR count). The van der Waals surface area contributed by atoms with Crippen LogP contribution in [0.1, 0.15) is 32.7 Å². The quantitative estimate of drug-likeness (QED) is 0.321. The van der Waals surface area contributed by atoms with Gasteiger partial charge in [-0.2, -0.15) is 27.5 Å². The Balaban J connectivity index is 1.09. The molecule has 3 fully saturated rings. The van der Waals surface area contributed by atoms with Crippen LogP contribution in [0.5, 0.6) is 0 Å². The van der Waals surface area contributed by atoms with Crippen molar-refractivity contribution in [1.82, 2.24) is 38.8 Å². The number of alkyl halides is 3. The number of rotatable bonds is 8. The molecule has 4 aromatic rings. The topological polar surface area (TPSA) is 127 Å². The number of nitrogens with one attached hydrogen (secondary N) is 1. The summed E-state index contributed by atoms with van der Waals surface area (Å²) in [5.41, 5.74) is 1.23. The molecule has 16 heteroatoms. The van der Waals surface area contributed by atoms with E-state index in [1.165, 1.54) is 17.3 Å². The number of likely N-dealkylation sites (tertiary alicyclic amines) is 1. The van der Waals surface area contributed by atoms with E-state index in [0.29, 0.717) is 62.0 Å². The van der Waals surface area contributed by atoms with Gasteiger partial charge in [-0.1, -0.05) is 0 Å². The second-order valence-corrected chi connectivity index (χ2v) is 13.9. The van der Waals surface area contributed by atoms with Crippen molar-refractivity contribution in [3.63, 3.8) is 0 Å². The Kier molecular flexibility index (Phi) is 6.03. The van der Waals surface area contributed by atoms with Gasteiger partial charge in [0.25, 0.3) is 10.0 Å². The van der Waals surface area contributed by atoms with E-state index in [1.54, 1.807) is 18.5 Å². The van der Waals surface area contributed by atoms with E-state index in [4.69, 9.17) is 5.10 Å². The molecule has 4 aromatic heterocycles. The molecule has 0 unspecified atom stereocenters. The van der Waals surface area contributed by atoms with Crippen LogP contribution in [-0.4, -0.2) is 91.4 Å². The second-order valence-electron chi connectivity index (χ2n) is 11.8. The lowest BCUT2D eigenvalue weighted by molar-refractivity contribution is -0.172. The first-order valence-corrected chi connectivity index (χ1v) is 15.2. The fourth-order valence-corrected chi connectivity index (χ4v) is 7.35. The SMILES string of the molecule is CC(C)n1nc(N2CC3(CN(CC(F)(F)F)C3)C2)c2cnc(Nc3ccnc(-c4cnn(S(=O)(=O)C5CC5)c4)n3)cc21. The highest BCUT2D eigenvalue weighted by atomic mass is 32.2. The van der Waals surface area contributed by atoms with Crippen LogP contribution in [0.3, 0.4) is 0 Å². The van der Waals surface area contributed by atoms with Gasteiger partial charge in [0.1, 0.15) is 11.6 Å². The van der Waals surface area contributed by atoms with Gasteiger partial charge < -0.3 is 10.2 Å². The predicted molar refractivity (Wildman–Crippen MR) is 149 cm³/mol. The van der Waals surface area contributed by atoms with Crippen LogP contribution in [0.15, 0.2) is 36.9 Å². The minimum Gasteiger partial charge on any atom is -0.353 e. The summed E-state index contributed by atoms with van der Waals surface area (Å²) in [4.78, 5) is 17.0. The van der Waals surface area contributed by atoms with E-state index in [0.717, 1.165) is 20.8 Å². The summed E-state index contributed by atoms with van der Waals surface area (Å²) in [5, 5.41) is 12.6. The monoisotopic (exact) mass is 602 g/mol. The van der Waals surface area contributed by atoms with Crippen LogP contribution in [0.4, 0.5) is 30.6 Å². The summed E-state index contributed by atoms with van der Waals surface area (Å²) in [6.07, 6.45) is 3.29. The molecule has 0 aromatic carbocycles. The molecule has 0 bridgehead atoms. The van der Waals surface area contributed by atoms with E-state index >= 15 is 0 Å². The van der Waals surface area contributed by atoms with E-state index in [1.807, 2.05) is 24.6 Å². The van der Waals surface area contributed by atoms with Crippen LogP contribution in [0.2, 0.25) is 0 Å². The molecule has 1 N–H and O–H groups in total. The van der Waals surface area contributed by atoms with Crippen LogP contribution in [-0.2, 0) is 10.0 Å². The highest BCUT2D eigenvalue weighted by molar-refractivity contribution is 7.90. The highest BCUT2D eigenvalue weighted by Gasteiger charge is 2.54. The van der Waals surface area contributed by atoms with Crippen LogP contribution in [0, 0.1) is 5.41 Å². The number of hydrogen-bond acceptors (Lipinski definition) is 10. The number of aromatic nitrogens is 7. The fourth-order valence-electron chi connectivity index (χ4n) is 5.87. The molecule has 0 atom stereocenters. The second kappa shape index (κ2) is 9.36. The lowest BCUT2D eigenvalue weighted by Gasteiger charge is -2.60. The fraction of sp³-hybridized carbons (Fsp3) is 0.500. The van der Waals surface area contributed by atoms with Gasteiger partial charge >= 0.3 is 6.18 Å². The van der Waals surface area contributed by atoms with Crippen LogP contribution < -0.4 is 10.2 Å². The minimum absolute atomic E-state index is 0.0619. The highest BCUT2D eigenvalue weighted by Crippen LogP contribution is 2.44. The molecule has 12 nitrogen and oxygen atoms in total. The summed E-state index contributed by atoms with van der Waals surface area (Å²) in [5.74, 6) is 2.11. The average Bonchev–Trinajstić information content (AvgIpc) is 3.51. The molecule has 3 aliphatic rings. The summed E-state index contributed by atoms with van der Waals surface area (Å²) in [7, 11) is -3.49. The molecule has 0 amide bonds. The number of nitrogens with zero attached hydrogens (tertiary/aromatic N) is 9. The first-order valence-electron chi connectivity index (χ1n) is 13.7. The number of halogens is 3. The summed E-state index contributed by atoms with van der Waals surface area (Å²) < 4.78 is 66.1. The molecule has 2 saturated heterocycles. The van der Waals surface area contributed by atoms with Gasteiger partial charge in [0.05, 0.1) is 40.7 Å². The summed E-state index contributed by atoms with van der Waals surface area (Å²) in [6.45, 7) is 5.40. The Labute approximate surface area is 239 Å². The van der Waals surface area contributed by atoms with Crippen molar-refractivity contribution in [2.24, 2.45) is 5.41 Å². The first-order chi connectivity index (χ1) is 19.9. The Bertz CT molecular complexity index is 1770. The number of anilines is 3. The Morgan fingerprint density at radius 3 is 2.55 bits per heavy atom. The van der Waals surface area contributed by atoms with Crippen molar-refractivity contribution in [2.75, 3.05) is 42.9 Å². The number of hydrogen-bond donors (Lipinski definition) is 1. The zero-order valence-corrected chi connectivity index (χ0v) is 23.8. The largest absolute Gasteiger partial charge is 0.401 e. The maximum Gasteiger partial charge on any atom is 0.401 e. The number of pyridine rings is 1. The van der Waals surface area contributed by atoms with Gasteiger partial charge in [0.15, 0.2) is 11.6 Å². The third-order valence-electron chi connectivity index (χ3n) is 7.87. The van der Waals surface area contributed by atoms with E-state index < -0.39 is 22.7 Å². The molecule has 0 radical (unpaired) electrons.